The number of carbonyl (C=O) groups is 1. The van der Waals surface area contributed by atoms with Gasteiger partial charge in [-0.05, 0) is 34.1 Å². The predicted molar refractivity (Wildman–Crippen MR) is 75.6 cm³/mol. The van der Waals surface area contributed by atoms with Crippen LogP contribution in [0.3, 0.4) is 0 Å². The van der Waals surface area contributed by atoms with Gasteiger partial charge in [-0.3, -0.25) is 4.79 Å². The Balaban J connectivity index is 1.95. The minimum atomic E-state index is -0.127. The smallest absolute Gasteiger partial charge is 0.252 e. The summed E-state index contributed by atoms with van der Waals surface area (Å²) in [5.74, 6) is 0.533. The first-order valence-electron chi connectivity index (χ1n) is 6.13. The number of amides is 1. The van der Waals surface area contributed by atoms with Crippen LogP contribution in [0.4, 0.5) is 0 Å². The lowest BCUT2D eigenvalue weighted by Crippen LogP contribution is -2.48. The Morgan fingerprint density at radius 1 is 1.63 bits per heavy atom. The molecule has 104 valence electrons. The van der Waals surface area contributed by atoms with Crippen molar-refractivity contribution in [2.75, 3.05) is 33.4 Å². The summed E-state index contributed by atoms with van der Waals surface area (Å²) < 4.78 is 11.2. The van der Waals surface area contributed by atoms with E-state index in [1.807, 2.05) is 0 Å². The van der Waals surface area contributed by atoms with Crippen molar-refractivity contribution in [3.8, 4) is 5.75 Å². The zero-order valence-corrected chi connectivity index (χ0v) is 12.3. The zero-order valence-electron chi connectivity index (χ0n) is 10.7. The van der Waals surface area contributed by atoms with Gasteiger partial charge in [0.1, 0.15) is 5.75 Å². The lowest BCUT2D eigenvalue weighted by molar-refractivity contribution is 0.0734. The summed E-state index contributed by atoms with van der Waals surface area (Å²) in [4.78, 5) is 12.1. The molecule has 1 amide bonds. The number of nitrogens with one attached hydrogen (secondary N) is 2. The summed E-state index contributed by atoms with van der Waals surface area (Å²) in [5, 5.41) is 6.18. The maximum Gasteiger partial charge on any atom is 0.252 e. The fraction of sp³-hybridized carbons (Fsp3) is 0.462. The van der Waals surface area contributed by atoms with E-state index in [2.05, 4.69) is 26.6 Å². The fourth-order valence-electron chi connectivity index (χ4n) is 1.87. The van der Waals surface area contributed by atoms with Crippen LogP contribution in [-0.2, 0) is 4.74 Å². The average Bonchev–Trinajstić information content (AvgIpc) is 2.46. The molecule has 0 saturated carbocycles. The minimum absolute atomic E-state index is 0.127. The molecule has 1 atom stereocenters. The highest BCUT2D eigenvalue weighted by atomic mass is 79.9. The van der Waals surface area contributed by atoms with Gasteiger partial charge >= 0.3 is 0 Å². The van der Waals surface area contributed by atoms with Crippen molar-refractivity contribution in [2.45, 2.75) is 6.04 Å². The molecule has 0 aliphatic carbocycles. The first-order chi connectivity index (χ1) is 9.20. The van der Waals surface area contributed by atoms with Crippen molar-refractivity contribution in [3.63, 3.8) is 0 Å². The molecule has 0 bridgehead atoms. The molecule has 1 fully saturated rings. The van der Waals surface area contributed by atoms with E-state index < -0.39 is 0 Å². The Morgan fingerprint density at radius 3 is 3.16 bits per heavy atom. The molecule has 1 aromatic carbocycles. The second-order valence-electron chi connectivity index (χ2n) is 4.28. The lowest BCUT2D eigenvalue weighted by Gasteiger charge is -2.24. The Bertz CT molecular complexity index is 448. The van der Waals surface area contributed by atoms with Gasteiger partial charge in [-0.2, -0.15) is 0 Å². The summed E-state index contributed by atoms with van der Waals surface area (Å²) >= 11 is 3.37. The molecule has 2 rings (SSSR count). The van der Waals surface area contributed by atoms with E-state index in [1.54, 1.807) is 25.3 Å². The van der Waals surface area contributed by atoms with Crippen LogP contribution in [0, 0.1) is 0 Å². The number of hydrogen-bond acceptors (Lipinski definition) is 4. The van der Waals surface area contributed by atoms with Crippen LogP contribution in [0.2, 0.25) is 0 Å². The molecule has 0 spiro atoms. The van der Waals surface area contributed by atoms with Crippen LogP contribution in [0.15, 0.2) is 22.7 Å². The van der Waals surface area contributed by atoms with Gasteiger partial charge in [0.05, 0.1) is 25.9 Å². The molecule has 1 aromatic rings. The first-order valence-corrected chi connectivity index (χ1v) is 6.93. The number of ether oxygens (including phenoxy) is 2. The van der Waals surface area contributed by atoms with Crippen LogP contribution < -0.4 is 15.4 Å². The van der Waals surface area contributed by atoms with E-state index in [0.29, 0.717) is 24.5 Å². The Kier molecular flexibility index (Phi) is 5.18. The third-order valence-corrected chi connectivity index (χ3v) is 3.62. The van der Waals surface area contributed by atoms with Crippen molar-refractivity contribution in [1.82, 2.24) is 10.6 Å². The molecule has 1 saturated heterocycles. The van der Waals surface area contributed by atoms with Crippen LogP contribution in [-0.4, -0.2) is 45.4 Å². The van der Waals surface area contributed by atoms with E-state index in [0.717, 1.165) is 17.6 Å². The average molecular weight is 329 g/mol. The molecule has 2 N–H and O–H groups in total. The second kappa shape index (κ2) is 6.88. The van der Waals surface area contributed by atoms with Crippen LogP contribution >= 0.6 is 15.9 Å². The van der Waals surface area contributed by atoms with E-state index in [1.165, 1.54) is 0 Å². The number of benzene rings is 1. The van der Waals surface area contributed by atoms with E-state index in [-0.39, 0.29) is 11.9 Å². The third kappa shape index (κ3) is 3.92. The van der Waals surface area contributed by atoms with Crippen molar-refractivity contribution in [2.24, 2.45) is 0 Å². The van der Waals surface area contributed by atoms with Gasteiger partial charge in [0.25, 0.3) is 5.91 Å². The summed E-state index contributed by atoms with van der Waals surface area (Å²) in [6.07, 6.45) is 0. The SMILES string of the molecule is COc1ccc(Br)c(C(=O)NCC2COCCN2)c1. The van der Waals surface area contributed by atoms with Gasteiger partial charge in [-0.1, -0.05) is 0 Å². The molecule has 19 heavy (non-hydrogen) atoms. The Labute approximate surface area is 120 Å². The van der Waals surface area contributed by atoms with Crippen LogP contribution in [0.25, 0.3) is 0 Å². The summed E-state index contributed by atoms with van der Waals surface area (Å²) in [7, 11) is 1.58. The zero-order chi connectivity index (χ0) is 13.7. The first kappa shape index (κ1) is 14.3. The largest absolute Gasteiger partial charge is 0.497 e. The molecule has 1 heterocycles. The van der Waals surface area contributed by atoms with Gasteiger partial charge in [0.2, 0.25) is 0 Å². The van der Waals surface area contributed by atoms with Gasteiger partial charge in [-0.15, -0.1) is 0 Å². The van der Waals surface area contributed by atoms with Gasteiger partial charge < -0.3 is 20.1 Å². The number of carbonyl (C=O) groups excluding carboxylic acids is 1. The predicted octanol–water partition coefficient (Wildman–Crippen LogP) is 1.18. The summed E-state index contributed by atoms with van der Waals surface area (Å²) in [6.45, 7) is 2.72. The van der Waals surface area contributed by atoms with Gasteiger partial charge in [0.15, 0.2) is 0 Å². The molecular weight excluding hydrogens is 312 g/mol. The van der Waals surface area contributed by atoms with E-state index >= 15 is 0 Å². The Hall–Kier alpha value is -1.11. The molecular formula is C13H17BrN2O3. The summed E-state index contributed by atoms with van der Waals surface area (Å²) in [6, 6.07) is 5.49. The molecule has 1 aliphatic heterocycles. The highest BCUT2D eigenvalue weighted by Crippen LogP contribution is 2.22. The Morgan fingerprint density at radius 2 is 2.47 bits per heavy atom. The number of morpholine rings is 1. The molecule has 1 unspecified atom stereocenters. The monoisotopic (exact) mass is 328 g/mol. The van der Waals surface area contributed by atoms with Crippen molar-refractivity contribution >= 4 is 21.8 Å². The second-order valence-corrected chi connectivity index (χ2v) is 5.14. The maximum absolute atomic E-state index is 12.1. The molecule has 6 heteroatoms. The summed E-state index contributed by atoms with van der Waals surface area (Å²) in [5.41, 5.74) is 0.566. The number of hydrogen-bond donors (Lipinski definition) is 2. The van der Waals surface area contributed by atoms with Crippen LogP contribution in [0.1, 0.15) is 10.4 Å². The molecule has 1 aliphatic rings. The van der Waals surface area contributed by atoms with Crippen molar-refractivity contribution in [3.05, 3.63) is 28.2 Å². The highest BCUT2D eigenvalue weighted by Gasteiger charge is 2.16. The van der Waals surface area contributed by atoms with Crippen molar-refractivity contribution < 1.29 is 14.3 Å². The van der Waals surface area contributed by atoms with Crippen LogP contribution in [0.5, 0.6) is 5.75 Å². The maximum atomic E-state index is 12.1. The topological polar surface area (TPSA) is 59.6 Å². The fourth-order valence-corrected chi connectivity index (χ4v) is 2.29. The number of halogens is 1. The normalized spacial score (nSPS) is 18.9. The lowest BCUT2D eigenvalue weighted by atomic mass is 10.2. The van der Waals surface area contributed by atoms with Gasteiger partial charge in [0, 0.05) is 23.6 Å². The minimum Gasteiger partial charge on any atom is -0.497 e. The molecule has 0 aromatic heterocycles. The number of methoxy groups -OCH3 is 1. The van der Waals surface area contributed by atoms with Gasteiger partial charge in [-0.25, -0.2) is 0 Å². The van der Waals surface area contributed by atoms with E-state index in [4.69, 9.17) is 9.47 Å². The number of rotatable bonds is 4. The standard InChI is InChI=1S/C13H17BrN2O3/c1-18-10-2-3-12(14)11(6-10)13(17)16-7-9-8-19-5-4-15-9/h2-3,6,9,15H,4-5,7-8H2,1H3,(H,16,17). The molecule has 0 radical (unpaired) electrons. The quantitative estimate of drug-likeness (QED) is 0.871. The van der Waals surface area contributed by atoms with Crippen molar-refractivity contribution in [1.29, 1.82) is 0 Å². The third-order valence-electron chi connectivity index (χ3n) is 2.93. The van der Waals surface area contributed by atoms with E-state index in [9.17, 15) is 4.79 Å². The highest BCUT2D eigenvalue weighted by molar-refractivity contribution is 9.10. The molecule has 5 nitrogen and oxygen atoms in total.